The molecule has 15 heavy (non-hydrogen) atoms. The quantitative estimate of drug-likeness (QED) is 0.294. The summed E-state index contributed by atoms with van der Waals surface area (Å²) in [4.78, 5) is 24.3. The minimum atomic E-state index is -0.577. The van der Waals surface area contributed by atoms with Crippen LogP contribution in [0.1, 0.15) is 6.92 Å². The summed E-state index contributed by atoms with van der Waals surface area (Å²) in [6.45, 7) is 3.83. The van der Waals surface area contributed by atoms with Crippen LogP contribution in [0.3, 0.4) is 0 Å². The minimum Gasteiger partial charge on any atom is -0.378 e. The molecule has 1 fully saturated rings. The maximum Gasteiger partial charge on any atom is 0.329 e. The van der Waals surface area contributed by atoms with Gasteiger partial charge in [0, 0.05) is 13.1 Å². The van der Waals surface area contributed by atoms with Gasteiger partial charge in [-0.2, -0.15) is 0 Å². The van der Waals surface area contributed by atoms with Crippen LogP contribution in [0.25, 0.3) is 0 Å². The minimum absolute atomic E-state index is 0.123. The Morgan fingerprint density at radius 2 is 2.00 bits per heavy atom. The Kier molecular flexibility index (Phi) is 4.32. The van der Waals surface area contributed by atoms with Gasteiger partial charge < -0.3 is 15.0 Å². The molecule has 0 aromatic carbocycles. The number of hydrogen-bond donors (Lipinski definition) is 3. The first kappa shape index (κ1) is 11.7. The Hall–Kier alpha value is -1.34. The predicted octanol–water partition coefficient (Wildman–Crippen LogP) is -1.59. The smallest absolute Gasteiger partial charge is 0.329 e. The molecule has 1 rings (SSSR count). The number of carbonyl (C=O) groups excluding carboxylic acids is 2. The van der Waals surface area contributed by atoms with E-state index < -0.39 is 12.1 Å². The first-order chi connectivity index (χ1) is 7.15. The van der Waals surface area contributed by atoms with Gasteiger partial charge in [0.05, 0.1) is 13.2 Å². The Bertz CT molecular complexity index is 240. The van der Waals surface area contributed by atoms with E-state index in [0.717, 1.165) is 0 Å². The SMILES string of the molecule is CC(NC(=O)NN)C(=O)N1CCOCC1. The van der Waals surface area contributed by atoms with Crippen LogP contribution in [0.15, 0.2) is 0 Å². The zero-order chi connectivity index (χ0) is 11.3. The van der Waals surface area contributed by atoms with E-state index in [1.165, 1.54) is 0 Å². The number of ether oxygens (including phenoxy) is 1. The Labute approximate surface area is 87.9 Å². The molecular weight excluding hydrogens is 200 g/mol. The summed E-state index contributed by atoms with van der Waals surface area (Å²) in [5.41, 5.74) is 1.91. The molecule has 1 unspecified atom stereocenters. The van der Waals surface area contributed by atoms with Crippen molar-refractivity contribution in [1.82, 2.24) is 15.6 Å². The maximum absolute atomic E-state index is 11.7. The van der Waals surface area contributed by atoms with E-state index in [4.69, 9.17) is 10.6 Å². The lowest BCUT2D eigenvalue weighted by molar-refractivity contribution is -0.136. The summed E-state index contributed by atoms with van der Waals surface area (Å²) >= 11 is 0. The van der Waals surface area contributed by atoms with Crippen LogP contribution in [0.4, 0.5) is 4.79 Å². The van der Waals surface area contributed by atoms with Crippen LogP contribution in [0.2, 0.25) is 0 Å². The van der Waals surface area contributed by atoms with Crippen molar-refractivity contribution in [1.29, 1.82) is 0 Å². The van der Waals surface area contributed by atoms with Crippen LogP contribution in [0, 0.1) is 0 Å². The highest BCUT2D eigenvalue weighted by molar-refractivity contribution is 5.86. The summed E-state index contributed by atoms with van der Waals surface area (Å²) in [5, 5.41) is 2.42. The number of urea groups is 1. The number of rotatable bonds is 2. The van der Waals surface area contributed by atoms with Gasteiger partial charge in [-0.25, -0.2) is 10.6 Å². The van der Waals surface area contributed by atoms with Crippen LogP contribution < -0.4 is 16.6 Å². The zero-order valence-electron chi connectivity index (χ0n) is 8.66. The molecule has 7 heteroatoms. The van der Waals surface area contributed by atoms with Crippen molar-refractivity contribution in [2.45, 2.75) is 13.0 Å². The first-order valence-electron chi connectivity index (χ1n) is 4.79. The zero-order valence-corrected chi connectivity index (χ0v) is 8.66. The third-order valence-electron chi connectivity index (χ3n) is 2.17. The fourth-order valence-electron chi connectivity index (χ4n) is 1.36. The number of nitrogens with two attached hydrogens (primary N) is 1. The number of nitrogens with one attached hydrogen (secondary N) is 2. The fourth-order valence-corrected chi connectivity index (χ4v) is 1.36. The molecule has 1 saturated heterocycles. The lowest BCUT2D eigenvalue weighted by atomic mass is 10.2. The summed E-state index contributed by atoms with van der Waals surface area (Å²) in [6.07, 6.45) is 0. The van der Waals surface area contributed by atoms with Crippen molar-refractivity contribution in [2.24, 2.45) is 5.84 Å². The standard InChI is InChI=1S/C8H16N4O3/c1-6(10-8(14)11-9)7(13)12-2-4-15-5-3-12/h6H,2-5,9H2,1H3,(H2,10,11,14). The molecule has 0 aromatic heterocycles. The van der Waals surface area contributed by atoms with E-state index in [1.54, 1.807) is 11.8 Å². The lowest BCUT2D eigenvalue weighted by Gasteiger charge is -2.29. The number of morpholine rings is 1. The van der Waals surface area contributed by atoms with Gasteiger partial charge >= 0.3 is 6.03 Å². The summed E-state index contributed by atoms with van der Waals surface area (Å²) in [5.74, 6) is 4.77. The molecule has 0 bridgehead atoms. The maximum atomic E-state index is 11.7. The number of nitrogens with zero attached hydrogens (tertiary/aromatic N) is 1. The predicted molar refractivity (Wildman–Crippen MR) is 52.7 cm³/mol. The van der Waals surface area contributed by atoms with E-state index in [-0.39, 0.29) is 5.91 Å². The van der Waals surface area contributed by atoms with E-state index >= 15 is 0 Å². The van der Waals surface area contributed by atoms with Gasteiger partial charge in [-0.3, -0.25) is 10.2 Å². The van der Waals surface area contributed by atoms with E-state index in [9.17, 15) is 9.59 Å². The number of hydrogen-bond acceptors (Lipinski definition) is 4. The van der Waals surface area contributed by atoms with E-state index in [1.807, 2.05) is 5.43 Å². The topological polar surface area (TPSA) is 96.7 Å². The highest BCUT2D eigenvalue weighted by Crippen LogP contribution is 2.00. The average Bonchev–Trinajstić information content (AvgIpc) is 2.29. The summed E-state index contributed by atoms with van der Waals surface area (Å²) in [7, 11) is 0. The van der Waals surface area contributed by atoms with Gasteiger partial charge in [-0.1, -0.05) is 0 Å². The van der Waals surface area contributed by atoms with E-state index in [0.29, 0.717) is 26.3 Å². The van der Waals surface area contributed by atoms with Crippen LogP contribution in [-0.2, 0) is 9.53 Å². The monoisotopic (exact) mass is 216 g/mol. The summed E-state index contributed by atoms with van der Waals surface area (Å²) in [6, 6.07) is -1.14. The molecule has 1 aliphatic rings. The Balaban J connectivity index is 2.40. The van der Waals surface area contributed by atoms with Crippen LogP contribution in [0.5, 0.6) is 0 Å². The van der Waals surface area contributed by atoms with Crippen LogP contribution in [-0.4, -0.2) is 49.2 Å². The molecule has 7 nitrogen and oxygen atoms in total. The molecule has 1 aliphatic heterocycles. The Morgan fingerprint density at radius 3 is 2.53 bits per heavy atom. The molecule has 1 atom stereocenters. The summed E-state index contributed by atoms with van der Waals surface area (Å²) < 4.78 is 5.12. The Morgan fingerprint density at radius 1 is 1.40 bits per heavy atom. The number of carbonyl (C=O) groups is 2. The second kappa shape index (κ2) is 5.52. The van der Waals surface area contributed by atoms with Gasteiger partial charge in [0.1, 0.15) is 6.04 Å². The molecule has 0 spiro atoms. The lowest BCUT2D eigenvalue weighted by Crippen LogP contribution is -2.53. The van der Waals surface area contributed by atoms with Crippen LogP contribution >= 0.6 is 0 Å². The van der Waals surface area contributed by atoms with Crippen molar-refractivity contribution in [3.63, 3.8) is 0 Å². The van der Waals surface area contributed by atoms with Crippen molar-refractivity contribution in [2.75, 3.05) is 26.3 Å². The molecule has 0 aromatic rings. The molecule has 0 saturated carbocycles. The van der Waals surface area contributed by atoms with Crippen molar-refractivity contribution in [3.8, 4) is 0 Å². The second-order valence-electron chi connectivity index (χ2n) is 3.28. The van der Waals surface area contributed by atoms with Crippen molar-refractivity contribution >= 4 is 11.9 Å². The fraction of sp³-hybridized carbons (Fsp3) is 0.750. The average molecular weight is 216 g/mol. The third kappa shape index (κ3) is 3.37. The van der Waals surface area contributed by atoms with Gasteiger partial charge in [0.25, 0.3) is 0 Å². The highest BCUT2D eigenvalue weighted by Gasteiger charge is 2.23. The molecule has 0 aliphatic carbocycles. The normalized spacial score (nSPS) is 18.1. The first-order valence-corrected chi connectivity index (χ1v) is 4.79. The number of hydrazine groups is 1. The highest BCUT2D eigenvalue weighted by atomic mass is 16.5. The molecule has 86 valence electrons. The molecule has 3 amide bonds. The van der Waals surface area contributed by atoms with Gasteiger partial charge in [0.2, 0.25) is 5.91 Å². The van der Waals surface area contributed by atoms with Crippen molar-refractivity contribution in [3.05, 3.63) is 0 Å². The molecule has 0 radical (unpaired) electrons. The van der Waals surface area contributed by atoms with Gasteiger partial charge in [-0.05, 0) is 6.92 Å². The van der Waals surface area contributed by atoms with E-state index in [2.05, 4.69) is 5.32 Å². The molecule has 1 heterocycles. The van der Waals surface area contributed by atoms with Gasteiger partial charge in [0.15, 0.2) is 0 Å². The van der Waals surface area contributed by atoms with Gasteiger partial charge in [-0.15, -0.1) is 0 Å². The third-order valence-corrected chi connectivity index (χ3v) is 2.17. The molecular formula is C8H16N4O3. The largest absolute Gasteiger partial charge is 0.378 e. The van der Waals surface area contributed by atoms with Crippen molar-refractivity contribution < 1.29 is 14.3 Å². The second-order valence-corrected chi connectivity index (χ2v) is 3.28. The molecule has 4 N–H and O–H groups in total. The number of amides is 3.